The number of aromatic nitrogens is 3. The van der Waals surface area contributed by atoms with Crippen molar-refractivity contribution >= 4 is 137 Å². The number of anilines is 6. The third-order valence-electron chi connectivity index (χ3n) is 16.2. The Morgan fingerprint density at radius 2 is 0.817 bits per heavy atom. The molecule has 82 heavy (non-hydrogen) atoms. The standard InChI is InChI=1S/C74H45N7S/c1-76-64-45-68(80-66-39-35-55(78(51-25-11-4-12-26-51)52-27-13-5-14-28-52)43-61(66)62-44-63-57-32-18-20-34-71(57)82-72(63)46-69(62)80)48(47-75)41-70(64)81-67-40-36-54(77(49-21-7-2-8-22-49)50-23-9-3-10-24-50)42-60(67)59-38-37-58-56-31-17-19-33-65(56)79(73(58)74(59)81)53-29-15-6-16-30-53/h2-46H. The summed E-state index contributed by atoms with van der Waals surface area (Å²) in [5.74, 6) is 0. The number of benzene rings is 12. The van der Waals surface area contributed by atoms with Crippen LogP contribution in [0.15, 0.2) is 273 Å². The number of para-hydroxylation sites is 6. The molecule has 0 aliphatic heterocycles. The minimum absolute atomic E-state index is 0.417. The highest BCUT2D eigenvalue weighted by molar-refractivity contribution is 7.25. The van der Waals surface area contributed by atoms with Crippen molar-refractivity contribution in [1.29, 1.82) is 5.26 Å². The van der Waals surface area contributed by atoms with E-state index in [-0.39, 0.29) is 0 Å². The van der Waals surface area contributed by atoms with Crippen LogP contribution in [-0.4, -0.2) is 13.7 Å². The molecule has 0 atom stereocenters. The molecule has 0 bridgehead atoms. The fourth-order valence-electron chi connectivity index (χ4n) is 12.7. The molecule has 16 aromatic rings. The average Bonchev–Trinajstić information content (AvgIpc) is 3.29. The van der Waals surface area contributed by atoms with E-state index in [0.717, 1.165) is 110 Å². The Balaban J connectivity index is 0.988. The minimum atomic E-state index is 0.417. The number of nitriles is 1. The maximum atomic E-state index is 11.7. The summed E-state index contributed by atoms with van der Waals surface area (Å²) in [4.78, 5) is 9.02. The van der Waals surface area contributed by atoms with Crippen LogP contribution in [0.1, 0.15) is 5.56 Å². The van der Waals surface area contributed by atoms with Gasteiger partial charge < -0.3 is 23.5 Å². The normalized spacial score (nSPS) is 11.6. The van der Waals surface area contributed by atoms with Gasteiger partial charge in [-0.1, -0.05) is 140 Å². The van der Waals surface area contributed by atoms with E-state index in [9.17, 15) is 11.8 Å². The predicted octanol–water partition coefficient (Wildman–Crippen LogP) is 20.7. The first-order valence-corrected chi connectivity index (χ1v) is 28.2. The quantitative estimate of drug-likeness (QED) is 0.135. The van der Waals surface area contributed by atoms with Crippen molar-refractivity contribution in [1.82, 2.24) is 13.7 Å². The molecular weight excluding hydrogens is 1020 g/mol. The topological polar surface area (TPSA) is 49.4 Å². The lowest BCUT2D eigenvalue weighted by atomic mass is 10.1. The van der Waals surface area contributed by atoms with Gasteiger partial charge in [-0.05, 0) is 133 Å². The molecule has 0 N–H and O–H groups in total. The van der Waals surface area contributed by atoms with E-state index in [1.165, 1.54) is 15.5 Å². The summed E-state index contributed by atoms with van der Waals surface area (Å²) >= 11 is 1.77. The first-order chi connectivity index (χ1) is 40.6. The van der Waals surface area contributed by atoms with Crippen LogP contribution < -0.4 is 9.80 Å². The van der Waals surface area contributed by atoms with Crippen LogP contribution in [0, 0.1) is 17.9 Å². The molecule has 0 aliphatic carbocycles. The largest absolute Gasteiger partial charge is 0.317 e. The second-order valence-corrected chi connectivity index (χ2v) is 21.8. The van der Waals surface area contributed by atoms with Crippen LogP contribution in [0.25, 0.3) is 107 Å². The summed E-state index contributed by atoms with van der Waals surface area (Å²) in [5, 5.41) is 20.4. The molecular formula is C74H45N7S. The molecule has 0 saturated carbocycles. The number of nitrogens with zero attached hydrogens (tertiary/aromatic N) is 7. The van der Waals surface area contributed by atoms with Gasteiger partial charge in [0.2, 0.25) is 5.69 Å². The number of fused-ring (bicyclic) bond motifs is 13. The Kier molecular flexibility index (Phi) is 10.7. The monoisotopic (exact) mass is 1060 g/mol. The maximum absolute atomic E-state index is 11.7. The first kappa shape index (κ1) is 46.9. The van der Waals surface area contributed by atoms with Crippen LogP contribution in [0.5, 0.6) is 0 Å². The van der Waals surface area contributed by atoms with Crippen LogP contribution in [0.4, 0.5) is 39.8 Å². The van der Waals surface area contributed by atoms with E-state index in [2.05, 4.69) is 271 Å². The van der Waals surface area contributed by atoms with Gasteiger partial charge in [0.1, 0.15) is 6.07 Å². The highest BCUT2D eigenvalue weighted by atomic mass is 32.1. The van der Waals surface area contributed by atoms with E-state index in [1.807, 2.05) is 36.4 Å². The molecule has 16 rings (SSSR count). The molecule has 0 saturated heterocycles. The molecule has 4 heterocycles. The first-order valence-electron chi connectivity index (χ1n) is 27.3. The van der Waals surface area contributed by atoms with Crippen molar-refractivity contribution in [2.45, 2.75) is 0 Å². The molecule has 4 aromatic heterocycles. The van der Waals surface area contributed by atoms with E-state index < -0.39 is 0 Å². The van der Waals surface area contributed by atoms with Crippen molar-refractivity contribution in [3.05, 3.63) is 290 Å². The molecule has 7 nitrogen and oxygen atoms in total. The smallest absolute Gasteiger partial charge is 0.212 e. The molecule has 0 radical (unpaired) electrons. The minimum Gasteiger partial charge on any atom is -0.317 e. The Hall–Kier alpha value is -11.2. The van der Waals surface area contributed by atoms with Gasteiger partial charge in [-0.25, -0.2) is 4.85 Å². The SMILES string of the molecule is [C-]#[N+]c1cc(-n2c3ccc(N(c4ccccc4)c4ccccc4)cc3c3cc4c(cc32)sc2ccccc24)c(C#N)cc1-n1c2ccc(N(c3ccccc3)c3ccccc3)cc2c2ccc3c4ccccc4n(-c4ccccc4)c3c21. The Morgan fingerprint density at radius 3 is 1.40 bits per heavy atom. The van der Waals surface area contributed by atoms with Crippen molar-refractivity contribution in [2.75, 3.05) is 9.80 Å². The molecule has 0 amide bonds. The third-order valence-corrected chi connectivity index (χ3v) is 17.3. The molecule has 382 valence electrons. The summed E-state index contributed by atoms with van der Waals surface area (Å²) < 4.78 is 9.19. The van der Waals surface area contributed by atoms with E-state index >= 15 is 0 Å². The van der Waals surface area contributed by atoms with Crippen LogP contribution in [-0.2, 0) is 0 Å². The lowest BCUT2D eigenvalue weighted by Gasteiger charge is -2.25. The fourth-order valence-corrected chi connectivity index (χ4v) is 13.8. The van der Waals surface area contributed by atoms with Gasteiger partial charge in [0.05, 0.1) is 56.6 Å². The Labute approximate surface area is 475 Å². The van der Waals surface area contributed by atoms with Gasteiger partial charge in [-0.2, -0.15) is 5.26 Å². The molecule has 0 spiro atoms. The molecule has 0 unspecified atom stereocenters. The highest BCUT2D eigenvalue weighted by Gasteiger charge is 2.27. The van der Waals surface area contributed by atoms with Gasteiger partial charge in [-0.15, -0.1) is 11.3 Å². The summed E-state index contributed by atoms with van der Waals surface area (Å²) in [7, 11) is 0. The van der Waals surface area contributed by atoms with Crippen LogP contribution in [0.2, 0.25) is 0 Å². The van der Waals surface area contributed by atoms with Gasteiger partial charge in [0.15, 0.2) is 0 Å². The third kappa shape index (κ3) is 7.20. The second kappa shape index (κ2) is 18.8. The summed E-state index contributed by atoms with van der Waals surface area (Å²) in [6, 6.07) is 98.6. The fraction of sp³-hybridized carbons (Fsp3) is 0. The van der Waals surface area contributed by atoms with Gasteiger partial charge in [0, 0.05) is 92.3 Å². The molecule has 8 heteroatoms. The summed E-state index contributed by atoms with van der Waals surface area (Å²) in [5.41, 5.74) is 15.1. The van der Waals surface area contributed by atoms with Gasteiger partial charge in [0.25, 0.3) is 0 Å². The average molecular weight is 1060 g/mol. The van der Waals surface area contributed by atoms with Crippen LogP contribution >= 0.6 is 11.3 Å². The highest BCUT2D eigenvalue weighted by Crippen LogP contribution is 2.48. The van der Waals surface area contributed by atoms with Crippen molar-refractivity contribution in [3.63, 3.8) is 0 Å². The number of hydrogen-bond donors (Lipinski definition) is 0. The zero-order chi connectivity index (χ0) is 54.4. The van der Waals surface area contributed by atoms with Gasteiger partial charge in [-0.3, -0.25) is 0 Å². The molecule has 12 aromatic carbocycles. The number of hydrogen-bond acceptors (Lipinski definition) is 4. The Morgan fingerprint density at radius 1 is 0.341 bits per heavy atom. The van der Waals surface area contributed by atoms with Crippen LogP contribution in [0.3, 0.4) is 0 Å². The Bertz CT molecular complexity index is 5220. The van der Waals surface area contributed by atoms with E-state index in [4.69, 9.17) is 0 Å². The number of rotatable bonds is 9. The lowest BCUT2D eigenvalue weighted by Crippen LogP contribution is -2.09. The van der Waals surface area contributed by atoms with E-state index in [1.54, 1.807) is 11.3 Å². The predicted molar refractivity (Wildman–Crippen MR) is 343 cm³/mol. The number of thiophene rings is 1. The second-order valence-electron chi connectivity index (χ2n) is 20.7. The van der Waals surface area contributed by atoms with Crippen molar-refractivity contribution < 1.29 is 0 Å². The zero-order valence-electron chi connectivity index (χ0n) is 44.0. The van der Waals surface area contributed by atoms with E-state index in [0.29, 0.717) is 22.6 Å². The molecule has 0 aliphatic rings. The van der Waals surface area contributed by atoms with Gasteiger partial charge >= 0.3 is 0 Å². The zero-order valence-corrected chi connectivity index (χ0v) is 44.8. The van der Waals surface area contributed by atoms with Crippen molar-refractivity contribution in [3.8, 4) is 23.1 Å². The van der Waals surface area contributed by atoms with Crippen molar-refractivity contribution in [2.24, 2.45) is 0 Å². The molecule has 0 fully saturated rings. The summed E-state index contributed by atoms with van der Waals surface area (Å²) in [6.07, 6.45) is 0. The summed E-state index contributed by atoms with van der Waals surface area (Å²) in [6.45, 7) is 9.20. The maximum Gasteiger partial charge on any atom is 0.212 e. The lowest BCUT2D eigenvalue weighted by molar-refractivity contribution is 1.13.